The number of carbonyl (C=O) groups excluding carboxylic acids is 2. The SMILES string of the molecule is CCCC/C=C\C/C=C\CCCCCCCC(=O)OCCCCCCCCCC/C=C\CCCCCCCCCC(=O)NC(CO)C(O)/C=C/CCCCCCCCCCCCCCC. The van der Waals surface area contributed by atoms with Gasteiger partial charge in [-0.25, -0.2) is 0 Å². The summed E-state index contributed by atoms with van der Waals surface area (Å²) < 4.78 is 5.46. The van der Waals surface area contributed by atoms with Crippen LogP contribution in [0.2, 0.25) is 0 Å². The third kappa shape index (κ3) is 51.1. The lowest BCUT2D eigenvalue weighted by Crippen LogP contribution is -2.45. The van der Waals surface area contributed by atoms with E-state index in [1.165, 1.54) is 199 Å². The molecule has 0 aliphatic carbocycles. The highest BCUT2D eigenvalue weighted by Crippen LogP contribution is 2.15. The number of hydrogen-bond acceptors (Lipinski definition) is 5. The van der Waals surface area contributed by atoms with Gasteiger partial charge in [-0.2, -0.15) is 0 Å². The number of aliphatic hydroxyl groups excluding tert-OH is 2. The maximum absolute atomic E-state index is 12.4. The van der Waals surface area contributed by atoms with Gasteiger partial charge in [0.05, 0.1) is 25.4 Å². The van der Waals surface area contributed by atoms with E-state index < -0.39 is 12.1 Å². The molecule has 0 spiro atoms. The number of ether oxygens (including phenoxy) is 1. The van der Waals surface area contributed by atoms with Crippen LogP contribution in [0.1, 0.15) is 290 Å². The lowest BCUT2D eigenvalue weighted by Gasteiger charge is -2.20. The van der Waals surface area contributed by atoms with E-state index in [9.17, 15) is 19.8 Å². The molecule has 0 aromatic rings. The van der Waals surface area contributed by atoms with Gasteiger partial charge in [-0.15, -0.1) is 0 Å². The Kier molecular flexibility index (Phi) is 52.6. The Morgan fingerprint density at radius 1 is 0.431 bits per heavy atom. The standard InChI is InChI=1S/C59H109NO5/c1-3-5-7-9-11-13-15-17-24-27-31-35-39-43-47-51-57(62)56(55-61)60-58(63)52-48-44-40-36-32-28-25-22-20-19-21-23-26-30-34-38-42-46-50-54-65-59(64)53-49-45-41-37-33-29-18-16-14-12-10-8-6-4-2/h10,12,16,18-20,47,51,56-57,61-62H,3-9,11,13-15,17,21-46,48-50,52-55H2,1-2H3,(H,60,63)/b12-10-,18-16-,20-19-,51-47+. The van der Waals surface area contributed by atoms with E-state index in [1.807, 2.05) is 6.08 Å². The number of aliphatic hydroxyl groups is 2. The fourth-order valence-electron chi connectivity index (χ4n) is 8.41. The van der Waals surface area contributed by atoms with Crippen LogP contribution in [-0.4, -0.2) is 47.4 Å². The van der Waals surface area contributed by atoms with Crippen LogP contribution in [0.25, 0.3) is 0 Å². The highest BCUT2D eigenvalue weighted by atomic mass is 16.5. The molecular formula is C59H109NO5. The molecule has 0 aliphatic heterocycles. The summed E-state index contributed by atoms with van der Waals surface area (Å²) in [6, 6.07) is -0.636. The molecule has 380 valence electrons. The first-order chi connectivity index (χ1) is 32.0. The molecule has 6 heteroatoms. The highest BCUT2D eigenvalue weighted by Gasteiger charge is 2.18. The summed E-state index contributed by atoms with van der Waals surface area (Å²) in [5.74, 6) is -0.0902. The number of rotatable bonds is 52. The first-order valence-electron chi connectivity index (χ1n) is 28.4. The molecule has 65 heavy (non-hydrogen) atoms. The summed E-state index contributed by atoms with van der Waals surface area (Å²) in [4.78, 5) is 24.5. The summed E-state index contributed by atoms with van der Waals surface area (Å²) in [6.07, 6.45) is 68.4. The van der Waals surface area contributed by atoms with Crippen LogP contribution in [0.15, 0.2) is 48.6 Å². The quantitative estimate of drug-likeness (QED) is 0.0321. The number of carbonyl (C=O) groups is 2. The molecule has 6 nitrogen and oxygen atoms in total. The van der Waals surface area contributed by atoms with Gasteiger partial charge in [0.15, 0.2) is 0 Å². The van der Waals surface area contributed by atoms with Crippen molar-refractivity contribution in [2.75, 3.05) is 13.2 Å². The first-order valence-corrected chi connectivity index (χ1v) is 28.4. The van der Waals surface area contributed by atoms with E-state index in [2.05, 4.69) is 55.6 Å². The van der Waals surface area contributed by atoms with Crippen molar-refractivity contribution in [1.82, 2.24) is 5.32 Å². The van der Waals surface area contributed by atoms with E-state index >= 15 is 0 Å². The summed E-state index contributed by atoms with van der Waals surface area (Å²) in [6.45, 7) is 4.84. The van der Waals surface area contributed by atoms with Crippen molar-refractivity contribution in [1.29, 1.82) is 0 Å². The van der Waals surface area contributed by atoms with Gasteiger partial charge in [-0.3, -0.25) is 9.59 Å². The van der Waals surface area contributed by atoms with Crippen molar-refractivity contribution in [3.63, 3.8) is 0 Å². The van der Waals surface area contributed by atoms with Crippen LogP contribution in [0, 0.1) is 0 Å². The molecule has 0 bridgehead atoms. The fraction of sp³-hybridized carbons (Fsp3) is 0.831. The molecule has 0 radical (unpaired) electrons. The number of nitrogens with one attached hydrogen (secondary N) is 1. The van der Waals surface area contributed by atoms with Crippen LogP contribution in [-0.2, 0) is 14.3 Å². The molecule has 0 aromatic heterocycles. The van der Waals surface area contributed by atoms with E-state index in [-0.39, 0.29) is 18.5 Å². The maximum atomic E-state index is 12.4. The largest absolute Gasteiger partial charge is 0.466 e. The molecule has 2 atom stereocenters. The second-order valence-electron chi connectivity index (χ2n) is 19.3. The van der Waals surface area contributed by atoms with Crippen LogP contribution in [0.4, 0.5) is 0 Å². The Labute approximate surface area is 404 Å². The van der Waals surface area contributed by atoms with Crippen LogP contribution in [0.3, 0.4) is 0 Å². The molecule has 0 fully saturated rings. The smallest absolute Gasteiger partial charge is 0.305 e. The van der Waals surface area contributed by atoms with Crippen molar-refractivity contribution in [2.24, 2.45) is 0 Å². The van der Waals surface area contributed by atoms with Gasteiger partial charge >= 0.3 is 5.97 Å². The van der Waals surface area contributed by atoms with Gasteiger partial charge in [0.1, 0.15) is 0 Å². The monoisotopic (exact) mass is 912 g/mol. The van der Waals surface area contributed by atoms with Gasteiger partial charge in [0.2, 0.25) is 5.91 Å². The van der Waals surface area contributed by atoms with Gasteiger partial charge in [-0.05, 0) is 83.5 Å². The van der Waals surface area contributed by atoms with Crippen molar-refractivity contribution in [3.8, 4) is 0 Å². The van der Waals surface area contributed by atoms with Gasteiger partial charge in [-0.1, -0.05) is 242 Å². The van der Waals surface area contributed by atoms with E-state index in [0.29, 0.717) is 19.4 Å². The number of esters is 1. The minimum Gasteiger partial charge on any atom is -0.466 e. The molecule has 2 unspecified atom stereocenters. The highest BCUT2D eigenvalue weighted by molar-refractivity contribution is 5.76. The van der Waals surface area contributed by atoms with Crippen molar-refractivity contribution in [3.05, 3.63) is 48.6 Å². The van der Waals surface area contributed by atoms with Crippen molar-refractivity contribution < 1.29 is 24.5 Å². The van der Waals surface area contributed by atoms with E-state index in [1.54, 1.807) is 6.08 Å². The summed E-state index contributed by atoms with van der Waals surface area (Å²) >= 11 is 0. The lowest BCUT2D eigenvalue weighted by atomic mass is 10.0. The average Bonchev–Trinajstić information content (AvgIpc) is 3.31. The third-order valence-electron chi connectivity index (χ3n) is 12.8. The second-order valence-corrected chi connectivity index (χ2v) is 19.3. The molecule has 0 saturated heterocycles. The third-order valence-corrected chi connectivity index (χ3v) is 12.8. The Hall–Kier alpha value is -2.18. The average molecular weight is 913 g/mol. The second kappa shape index (κ2) is 54.4. The lowest BCUT2D eigenvalue weighted by molar-refractivity contribution is -0.143. The zero-order valence-corrected chi connectivity index (χ0v) is 43.2. The van der Waals surface area contributed by atoms with Crippen LogP contribution < -0.4 is 5.32 Å². The Morgan fingerprint density at radius 3 is 1.23 bits per heavy atom. The normalized spacial score (nSPS) is 13.0. The van der Waals surface area contributed by atoms with Crippen molar-refractivity contribution >= 4 is 11.9 Å². The molecule has 1 amide bonds. The number of allylic oxidation sites excluding steroid dienone is 7. The summed E-state index contributed by atoms with van der Waals surface area (Å²) in [7, 11) is 0. The predicted molar refractivity (Wildman–Crippen MR) is 282 cm³/mol. The van der Waals surface area contributed by atoms with Crippen LogP contribution >= 0.6 is 0 Å². The number of hydrogen-bond donors (Lipinski definition) is 3. The van der Waals surface area contributed by atoms with E-state index in [4.69, 9.17) is 4.74 Å². The zero-order chi connectivity index (χ0) is 47.2. The maximum Gasteiger partial charge on any atom is 0.305 e. The topological polar surface area (TPSA) is 95.9 Å². The molecule has 0 heterocycles. The minimum atomic E-state index is -0.851. The number of amides is 1. The first kappa shape index (κ1) is 62.8. The Bertz CT molecular complexity index is 1100. The predicted octanol–water partition coefficient (Wildman–Crippen LogP) is 17.4. The summed E-state index contributed by atoms with van der Waals surface area (Å²) in [5.41, 5.74) is 0. The Balaban J connectivity index is 3.48. The zero-order valence-electron chi connectivity index (χ0n) is 43.2. The minimum absolute atomic E-state index is 0.0121. The fourth-order valence-corrected chi connectivity index (χ4v) is 8.41. The van der Waals surface area contributed by atoms with Gasteiger partial charge in [0.25, 0.3) is 0 Å². The Morgan fingerprint density at radius 2 is 0.785 bits per heavy atom. The molecule has 3 N–H and O–H groups in total. The van der Waals surface area contributed by atoms with Crippen molar-refractivity contribution in [2.45, 2.75) is 302 Å². The molecule has 0 saturated carbocycles. The summed E-state index contributed by atoms with van der Waals surface area (Å²) in [5, 5.41) is 23.1. The molecule has 0 aromatic carbocycles. The van der Waals surface area contributed by atoms with Crippen LogP contribution in [0.5, 0.6) is 0 Å². The molecule has 0 aliphatic rings. The molecule has 0 rings (SSSR count). The van der Waals surface area contributed by atoms with E-state index in [0.717, 1.165) is 64.2 Å². The van der Waals surface area contributed by atoms with Gasteiger partial charge < -0.3 is 20.3 Å². The van der Waals surface area contributed by atoms with Gasteiger partial charge in [0, 0.05) is 12.8 Å². The number of unbranched alkanes of at least 4 members (excludes halogenated alkanes) is 35. The molecular weight excluding hydrogens is 803 g/mol.